The van der Waals surface area contributed by atoms with E-state index in [0.29, 0.717) is 28.0 Å². The molecule has 0 saturated heterocycles. The van der Waals surface area contributed by atoms with Crippen molar-refractivity contribution in [3.05, 3.63) is 94.4 Å². The molecule has 0 spiro atoms. The lowest BCUT2D eigenvalue weighted by atomic mass is 10.1. The van der Waals surface area contributed by atoms with Crippen LogP contribution in [0, 0.1) is 0 Å². The highest BCUT2D eigenvalue weighted by molar-refractivity contribution is 6.03. The third kappa shape index (κ3) is 4.31. The molecular formula is C25H19N3O6. The largest absolute Gasteiger partial charge is 0.454 e. The Morgan fingerprint density at radius 2 is 1.68 bits per heavy atom. The van der Waals surface area contributed by atoms with Gasteiger partial charge in [0.05, 0.1) is 11.9 Å². The van der Waals surface area contributed by atoms with Gasteiger partial charge in [-0.3, -0.25) is 9.59 Å². The number of rotatable bonds is 6. The van der Waals surface area contributed by atoms with Gasteiger partial charge in [0.1, 0.15) is 0 Å². The van der Waals surface area contributed by atoms with Crippen molar-refractivity contribution in [2.45, 2.75) is 6.54 Å². The Balaban J connectivity index is 1.34. The van der Waals surface area contributed by atoms with E-state index in [9.17, 15) is 14.4 Å². The molecule has 1 aliphatic heterocycles. The number of hydrogen-bond acceptors (Lipinski definition) is 7. The number of nitrogens with zero attached hydrogens (tertiary/aromatic N) is 2. The van der Waals surface area contributed by atoms with Crippen LogP contribution in [0.15, 0.2) is 77.6 Å². The zero-order valence-electron chi connectivity index (χ0n) is 17.9. The minimum Gasteiger partial charge on any atom is -0.454 e. The fraction of sp³-hybridized carbons (Fsp3) is 0.120. The smallest absolute Gasteiger partial charge is 0.359 e. The highest BCUT2D eigenvalue weighted by atomic mass is 16.7. The van der Waals surface area contributed by atoms with Crippen molar-refractivity contribution in [1.29, 1.82) is 0 Å². The van der Waals surface area contributed by atoms with E-state index in [1.807, 2.05) is 30.3 Å². The molecule has 0 atom stereocenters. The number of aromatic nitrogens is 2. The number of esters is 1. The van der Waals surface area contributed by atoms with Crippen molar-refractivity contribution in [2.24, 2.45) is 0 Å². The van der Waals surface area contributed by atoms with E-state index in [1.165, 1.54) is 4.68 Å². The third-order valence-electron chi connectivity index (χ3n) is 5.23. The van der Waals surface area contributed by atoms with Crippen LogP contribution in [0.25, 0.3) is 10.8 Å². The van der Waals surface area contributed by atoms with Crippen LogP contribution in [0.4, 0.5) is 5.69 Å². The van der Waals surface area contributed by atoms with E-state index in [2.05, 4.69) is 10.4 Å². The minimum absolute atomic E-state index is 0.0398. The summed E-state index contributed by atoms with van der Waals surface area (Å²) in [5.74, 6) is -0.230. The quantitative estimate of drug-likeness (QED) is 0.444. The van der Waals surface area contributed by atoms with Crippen LogP contribution in [-0.4, -0.2) is 35.1 Å². The fourth-order valence-electron chi connectivity index (χ4n) is 3.62. The zero-order chi connectivity index (χ0) is 23.5. The van der Waals surface area contributed by atoms with Crippen molar-refractivity contribution in [2.75, 3.05) is 18.7 Å². The van der Waals surface area contributed by atoms with Gasteiger partial charge in [0.2, 0.25) is 6.79 Å². The summed E-state index contributed by atoms with van der Waals surface area (Å²) in [6, 6.07) is 20.9. The van der Waals surface area contributed by atoms with Crippen molar-refractivity contribution < 1.29 is 23.8 Å². The number of fused-ring (bicyclic) bond motifs is 2. The second-order valence-electron chi connectivity index (χ2n) is 7.53. The van der Waals surface area contributed by atoms with Crippen molar-refractivity contribution in [3.8, 4) is 11.5 Å². The first-order valence-electron chi connectivity index (χ1n) is 10.5. The van der Waals surface area contributed by atoms with Crippen LogP contribution in [-0.2, 0) is 16.1 Å². The molecule has 1 N–H and O–H groups in total. The predicted octanol–water partition coefficient (Wildman–Crippen LogP) is 2.97. The number of benzene rings is 3. The average molecular weight is 457 g/mol. The van der Waals surface area contributed by atoms with Crippen LogP contribution in [0.2, 0.25) is 0 Å². The van der Waals surface area contributed by atoms with Crippen molar-refractivity contribution in [3.63, 3.8) is 0 Å². The lowest BCUT2D eigenvalue weighted by molar-refractivity contribution is -0.119. The summed E-state index contributed by atoms with van der Waals surface area (Å²) in [5, 5.41) is 7.60. The molecule has 2 heterocycles. The molecule has 1 aliphatic rings. The molecule has 5 rings (SSSR count). The highest BCUT2D eigenvalue weighted by Crippen LogP contribution is 2.34. The monoisotopic (exact) mass is 457 g/mol. The molecule has 3 aromatic carbocycles. The molecule has 9 nitrogen and oxygen atoms in total. The predicted molar refractivity (Wildman–Crippen MR) is 123 cm³/mol. The molecule has 0 radical (unpaired) electrons. The van der Waals surface area contributed by atoms with Crippen LogP contribution in [0.3, 0.4) is 0 Å². The Bertz CT molecular complexity index is 1450. The molecule has 4 aromatic rings. The number of hydrogen-bond donors (Lipinski definition) is 1. The summed E-state index contributed by atoms with van der Waals surface area (Å²) < 4.78 is 17.0. The molecular weight excluding hydrogens is 438 g/mol. The molecule has 170 valence electrons. The van der Waals surface area contributed by atoms with Gasteiger partial charge in [-0.15, -0.1) is 0 Å². The van der Waals surface area contributed by atoms with E-state index in [0.717, 1.165) is 5.56 Å². The first-order chi connectivity index (χ1) is 16.6. The summed E-state index contributed by atoms with van der Waals surface area (Å²) in [7, 11) is 0. The van der Waals surface area contributed by atoms with Crippen LogP contribution in [0.1, 0.15) is 16.1 Å². The number of anilines is 1. The van der Waals surface area contributed by atoms with Gasteiger partial charge in [0, 0.05) is 17.1 Å². The van der Waals surface area contributed by atoms with Crippen molar-refractivity contribution in [1.82, 2.24) is 9.78 Å². The van der Waals surface area contributed by atoms with Gasteiger partial charge < -0.3 is 19.5 Å². The Kier molecular flexibility index (Phi) is 5.65. The molecule has 9 heteroatoms. The summed E-state index contributed by atoms with van der Waals surface area (Å²) in [5.41, 5.74) is 0.971. The second kappa shape index (κ2) is 9.07. The van der Waals surface area contributed by atoms with Gasteiger partial charge in [0.15, 0.2) is 23.8 Å². The van der Waals surface area contributed by atoms with Gasteiger partial charge in [-0.1, -0.05) is 48.5 Å². The molecule has 34 heavy (non-hydrogen) atoms. The molecule has 0 bridgehead atoms. The van der Waals surface area contributed by atoms with Crippen LogP contribution < -0.4 is 20.3 Å². The summed E-state index contributed by atoms with van der Waals surface area (Å²) in [6.45, 7) is -0.214. The molecule has 0 aliphatic carbocycles. The van der Waals surface area contributed by atoms with E-state index >= 15 is 0 Å². The number of ether oxygens (including phenoxy) is 3. The van der Waals surface area contributed by atoms with Crippen molar-refractivity contribution >= 4 is 28.3 Å². The van der Waals surface area contributed by atoms with Gasteiger partial charge >= 0.3 is 5.97 Å². The first kappa shape index (κ1) is 21.2. The normalized spacial score (nSPS) is 11.9. The maximum absolute atomic E-state index is 12.9. The Labute approximate surface area is 193 Å². The molecule has 1 amide bonds. The van der Waals surface area contributed by atoms with E-state index < -0.39 is 18.5 Å². The van der Waals surface area contributed by atoms with Crippen LogP contribution >= 0.6 is 0 Å². The van der Waals surface area contributed by atoms with E-state index in [1.54, 1.807) is 42.5 Å². The summed E-state index contributed by atoms with van der Waals surface area (Å²) in [4.78, 5) is 38.1. The Hall–Kier alpha value is -4.66. The number of nitrogens with one attached hydrogen (secondary N) is 1. The lowest BCUT2D eigenvalue weighted by Gasteiger charge is -2.11. The number of amides is 1. The first-order valence-corrected chi connectivity index (χ1v) is 10.5. The minimum atomic E-state index is -0.807. The number of carbonyl (C=O) groups excluding carboxylic acids is 2. The molecule has 0 fully saturated rings. The Morgan fingerprint density at radius 1 is 0.941 bits per heavy atom. The van der Waals surface area contributed by atoms with Gasteiger partial charge in [0.25, 0.3) is 11.5 Å². The van der Waals surface area contributed by atoms with Gasteiger partial charge in [-0.2, -0.15) is 5.10 Å². The maximum atomic E-state index is 12.9. The van der Waals surface area contributed by atoms with Crippen LogP contribution in [0.5, 0.6) is 11.5 Å². The van der Waals surface area contributed by atoms with E-state index in [4.69, 9.17) is 14.2 Å². The average Bonchev–Trinajstić information content (AvgIpc) is 3.33. The SMILES string of the molecule is O=C(COC(=O)c1nn(Cc2ccccc2)c(=O)c2ccccc12)Nc1ccc2c(c1)OCO2. The zero-order valence-corrected chi connectivity index (χ0v) is 17.9. The lowest BCUT2D eigenvalue weighted by Crippen LogP contribution is -2.28. The number of carbonyl (C=O) groups is 2. The summed E-state index contributed by atoms with van der Waals surface area (Å²) >= 11 is 0. The van der Waals surface area contributed by atoms with Gasteiger partial charge in [-0.05, 0) is 23.8 Å². The molecule has 1 aromatic heterocycles. The molecule has 0 unspecified atom stereocenters. The maximum Gasteiger partial charge on any atom is 0.359 e. The topological polar surface area (TPSA) is 109 Å². The van der Waals surface area contributed by atoms with Gasteiger partial charge in [-0.25, -0.2) is 9.48 Å². The standard InChI is InChI=1S/C25H19N3O6/c29-22(26-17-10-11-20-21(12-17)34-15-33-20)14-32-25(31)23-18-8-4-5-9-19(18)24(30)28(27-23)13-16-6-2-1-3-7-16/h1-12H,13-15H2,(H,26,29). The third-order valence-corrected chi connectivity index (χ3v) is 5.23. The molecule has 0 saturated carbocycles. The summed E-state index contributed by atoms with van der Waals surface area (Å²) in [6.07, 6.45) is 0. The highest BCUT2D eigenvalue weighted by Gasteiger charge is 2.20. The fourth-order valence-corrected chi connectivity index (χ4v) is 3.62. The second-order valence-corrected chi connectivity index (χ2v) is 7.53. The Morgan fingerprint density at radius 3 is 2.50 bits per heavy atom. The van der Waals surface area contributed by atoms with E-state index in [-0.39, 0.29) is 24.6 Å².